The molecule has 1 heterocycles. The molecule has 0 radical (unpaired) electrons. The highest BCUT2D eigenvalue weighted by Gasteiger charge is 2.31. The number of carbonyl (C=O) groups is 2. The van der Waals surface area contributed by atoms with Crippen molar-refractivity contribution in [3.05, 3.63) is 11.8 Å². The maximum absolute atomic E-state index is 12.1. The summed E-state index contributed by atoms with van der Waals surface area (Å²) in [6, 6.07) is -0.550. The van der Waals surface area contributed by atoms with Crippen molar-refractivity contribution in [1.82, 2.24) is 4.90 Å². The van der Waals surface area contributed by atoms with E-state index in [0.717, 1.165) is 0 Å². The molecule has 0 spiro atoms. The van der Waals surface area contributed by atoms with E-state index in [2.05, 4.69) is 31.1 Å². The summed E-state index contributed by atoms with van der Waals surface area (Å²) in [6.07, 6.45) is 0.895. The van der Waals surface area contributed by atoms with Crippen LogP contribution < -0.4 is 0 Å². The van der Waals surface area contributed by atoms with Crippen LogP contribution in [0.25, 0.3) is 0 Å². The first-order valence-corrected chi connectivity index (χ1v) is 11.3. The molecule has 0 saturated carbocycles. The molecule has 1 rings (SSSR count). The average molecular weight is 383 g/mol. The Balaban J connectivity index is 2.96. The number of hydrogen-bond acceptors (Lipinski definition) is 3. The van der Waals surface area contributed by atoms with Gasteiger partial charge in [-0.1, -0.05) is 60.4 Å². The van der Waals surface area contributed by atoms with Gasteiger partial charge in [0.25, 0.3) is 0 Å². The molecular weight excluding hydrogens is 365 g/mol. The second-order valence-corrected chi connectivity index (χ2v) is 13.3. The highest BCUT2D eigenvalue weighted by molar-refractivity contribution is 6.83. The van der Waals surface area contributed by atoms with Crippen LogP contribution in [0.4, 0.5) is 4.79 Å². The highest BCUT2D eigenvalue weighted by Crippen LogP contribution is 2.27. The molecule has 22 heavy (non-hydrogen) atoms. The third kappa shape index (κ3) is 6.61. The number of halogens is 3. The number of alkyl halides is 3. The first-order chi connectivity index (χ1) is 9.89. The molecule has 0 N–H and O–H groups in total. The predicted molar refractivity (Wildman–Crippen MR) is 91.8 cm³/mol. The van der Waals surface area contributed by atoms with Crippen LogP contribution in [0.1, 0.15) is 13.3 Å². The number of Topliss-reactive ketones (excluding diaryl/α,β-unsaturated/α-hetero) is 1. The van der Waals surface area contributed by atoms with E-state index in [0.29, 0.717) is 5.57 Å². The number of ketones is 1. The van der Waals surface area contributed by atoms with Gasteiger partial charge in [-0.15, -0.1) is 5.54 Å². The fraction of sp³-hybridized carbons (Fsp3) is 0.571. The van der Waals surface area contributed by atoms with Crippen molar-refractivity contribution < 1.29 is 14.3 Å². The van der Waals surface area contributed by atoms with Crippen molar-refractivity contribution in [3.63, 3.8) is 0 Å². The Morgan fingerprint density at radius 3 is 2.55 bits per heavy atom. The molecule has 0 saturated heterocycles. The monoisotopic (exact) mass is 381 g/mol. The van der Waals surface area contributed by atoms with Gasteiger partial charge in [-0.05, 0) is 6.92 Å². The van der Waals surface area contributed by atoms with Gasteiger partial charge in [-0.25, -0.2) is 4.79 Å². The van der Waals surface area contributed by atoms with E-state index in [1.165, 1.54) is 11.1 Å². The van der Waals surface area contributed by atoms with E-state index < -0.39 is 24.0 Å². The minimum Gasteiger partial charge on any atom is -0.445 e. The van der Waals surface area contributed by atoms with E-state index in [4.69, 9.17) is 39.5 Å². The smallest absolute Gasteiger partial charge is 0.415 e. The van der Waals surface area contributed by atoms with E-state index in [1.807, 2.05) is 0 Å². The molecule has 0 aromatic heterocycles. The van der Waals surface area contributed by atoms with Crippen molar-refractivity contribution >= 4 is 54.8 Å². The lowest BCUT2D eigenvalue weighted by Gasteiger charge is -2.29. The van der Waals surface area contributed by atoms with Crippen molar-refractivity contribution in [2.75, 3.05) is 6.61 Å². The first-order valence-electron chi connectivity index (χ1n) is 6.65. The third-order valence-corrected chi connectivity index (χ3v) is 3.89. The van der Waals surface area contributed by atoms with Crippen LogP contribution in [-0.4, -0.2) is 41.3 Å². The topological polar surface area (TPSA) is 46.6 Å². The van der Waals surface area contributed by atoms with Gasteiger partial charge in [-0.3, -0.25) is 9.69 Å². The van der Waals surface area contributed by atoms with Crippen LogP contribution >= 0.6 is 34.8 Å². The van der Waals surface area contributed by atoms with Crippen LogP contribution in [-0.2, 0) is 9.53 Å². The zero-order chi connectivity index (χ0) is 17.1. The number of ether oxygens (including phenoxy) is 1. The minimum absolute atomic E-state index is 0.0414. The molecule has 122 valence electrons. The van der Waals surface area contributed by atoms with Crippen molar-refractivity contribution in [2.45, 2.75) is 42.8 Å². The van der Waals surface area contributed by atoms with Gasteiger partial charge in [0.05, 0.1) is 0 Å². The third-order valence-electron chi connectivity index (χ3n) is 2.67. The van der Waals surface area contributed by atoms with E-state index >= 15 is 0 Å². The molecule has 1 atom stereocenters. The summed E-state index contributed by atoms with van der Waals surface area (Å²) in [5.74, 6) is 2.97. The predicted octanol–water partition coefficient (Wildman–Crippen LogP) is 3.92. The number of nitrogens with zero attached hydrogens (tertiary/aromatic N) is 1. The van der Waals surface area contributed by atoms with Crippen LogP contribution in [0, 0.1) is 11.5 Å². The Morgan fingerprint density at radius 2 is 2.05 bits per heavy atom. The van der Waals surface area contributed by atoms with Crippen LogP contribution in [0.15, 0.2) is 11.8 Å². The minimum atomic E-state index is -1.68. The Morgan fingerprint density at radius 1 is 1.45 bits per heavy atom. The lowest BCUT2D eigenvalue weighted by molar-refractivity contribution is -0.116. The molecule has 0 unspecified atom stereocenters. The molecule has 4 nitrogen and oxygen atoms in total. The summed E-state index contributed by atoms with van der Waals surface area (Å²) in [5, 5.41) is 0. The van der Waals surface area contributed by atoms with Gasteiger partial charge in [0.15, 0.2) is 5.78 Å². The van der Waals surface area contributed by atoms with Gasteiger partial charge in [-0.2, -0.15) is 0 Å². The molecule has 0 aromatic rings. The highest BCUT2D eigenvalue weighted by atomic mass is 35.6. The molecule has 1 aliphatic heterocycles. The van der Waals surface area contributed by atoms with Gasteiger partial charge >= 0.3 is 6.09 Å². The van der Waals surface area contributed by atoms with Crippen molar-refractivity contribution in [2.24, 2.45) is 0 Å². The van der Waals surface area contributed by atoms with Gasteiger partial charge in [0.2, 0.25) is 3.79 Å². The molecule has 0 aromatic carbocycles. The zero-order valence-corrected chi connectivity index (χ0v) is 16.1. The summed E-state index contributed by atoms with van der Waals surface area (Å²) < 4.78 is 3.29. The van der Waals surface area contributed by atoms with Crippen molar-refractivity contribution in [3.8, 4) is 11.5 Å². The summed E-state index contributed by atoms with van der Waals surface area (Å²) >= 11 is 16.7. The second kappa shape index (κ2) is 7.27. The molecule has 0 bridgehead atoms. The number of carbonyl (C=O) groups excluding carboxylic acids is 2. The van der Waals surface area contributed by atoms with Crippen molar-refractivity contribution in [1.29, 1.82) is 0 Å². The largest absolute Gasteiger partial charge is 0.445 e. The molecule has 1 amide bonds. The van der Waals surface area contributed by atoms with E-state index in [1.54, 1.807) is 6.92 Å². The van der Waals surface area contributed by atoms with Gasteiger partial charge in [0, 0.05) is 18.2 Å². The Hall–Kier alpha value is -0.673. The molecule has 0 fully saturated rings. The summed E-state index contributed by atoms with van der Waals surface area (Å²) in [4.78, 5) is 25.3. The van der Waals surface area contributed by atoms with Crippen LogP contribution in [0.2, 0.25) is 19.6 Å². The summed E-state index contributed by atoms with van der Waals surface area (Å²) in [6.45, 7) is 7.51. The fourth-order valence-corrected chi connectivity index (χ4v) is 2.39. The maximum Gasteiger partial charge on any atom is 0.415 e. The second-order valence-electron chi connectivity index (χ2n) is 6.05. The zero-order valence-electron chi connectivity index (χ0n) is 12.9. The maximum atomic E-state index is 12.1. The van der Waals surface area contributed by atoms with Gasteiger partial charge in [0.1, 0.15) is 20.7 Å². The molecule has 1 aliphatic rings. The normalized spacial score (nSPS) is 19.2. The quantitative estimate of drug-likeness (QED) is 0.392. The fourth-order valence-electron chi connectivity index (χ4n) is 1.62. The molecule has 8 heteroatoms. The summed E-state index contributed by atoms with van der Waals surface area (Å²) in [5.41, 5.74) is 3.63. The van der Waals surface area contributed by atoms with E-state index in [-0.39, 0.29) is 18.8 Å². The Bertz CT molecular complexity index is 552. The molecular formula is C14H18Cl3NO3Si. The number of amides is 1. The standard InChI is InChI=1S/C14H18Cl3NO3Si/c1-10-8-18(13(20)21-9-14(15,16)17)11(7-12(10)19)5-6-22(2,3)4/h8,11H,7,9H2,1-4H3/t11-/m0/s1. The number of hydrogen-bond donors (Lipinski definition) is 0. The number of rotatable bonds is 1. The Labute approximate surface area is 146 Å². The molecule has 0 aliphatic carbocycles. The average Bonchev–Trinajstić information content (AvgIpc) is 2.35. The summed E-state index contributed by atoms with van der Waals surface area (Å²) in [7, 11) is -1.63. The SMILES string of the molecule is CC1=CN(C(=O)OCC(Cl)(Cl)Cl)[C@@H](C#C[Si](C)(C)C)CC1=O. The lowest BCUT2D eigenvalue weighted by Crippen LogP contribution is -2.42. The van der Waals surface area contributed by atoms with Crippen LogP contribution in [0.3, 0.4) is 0 Å². The van der Waals surface area contributed by atoms with E-state index in [9.17, 15) is 9.59 Å². The Kier molecular flexibility index (Phi) is 6.40. The first kappa shape index (κ1) is 19.4. The van der Waals surface area contributed by atoms with Crippen LogP contribution in [0.5, 0.6) is 0 Å². The number of allylic oxidation sites excluding steroid dienone is 1. The lowest BCUT2D eigenvalue weighted by atomic mass is 10.0. The van der Waals surface area contributed by atoms with Gasteiger partial charge < -0.3 is 4.74 Å².